The van der Waals surface area contributed by atoms with Crippen LogP contribution in [0.1, 0.15) is 35.2 Å². The average Bonchev–Trinajstić information content (AvgIpc) is 2.86. The molecule has 5 nitrogen and oxygen atoms in total. The summed E-state index contributed by atoms with van der Waals surface area (Å²) in [4.78, 5) is 25.6. The summed E-state index contributed by atoms with van der Waals surface area (Å²) < 4.78 is 0. The Morgan fingerprint density at radius 3 is 2.81 bits per heavy atom. The van der Waals surface area contributed by atoms with Crippen LogP contribution in [-0.4, -0.2) is 36.5 Å². The Morgan fingerprint density at radius 2 is 2.05 bits per heavy atom. The van der Waals surface area contributed by atoms with Crippen molar-refractivity contribution in [2.45, 2.75) is 25.8 Å². The van der Waals surface area contributed by atoms with Crippen LogP contribution in [0, 0.1) is 5.92 Å². The molecule has 112 valence electrons. The molecule has 1 aromatic carbocycles. The van der Waals surface area contributed by atoms with Gasteiger partial charge < -0.3 is 10.6 Å². The maximum Gasteiger partial charge on any atom is 0.324 e. The monoisotopic (exact) mass is 287 g/mol. The molecule has 0 radical (unpaired) electrons. The first-order valence-electron chi connectivity index (χ1n) is 7.64. The van der Waals surface area contributed by atoms with Crippen LogP contribution in [0.2, 0.25) is 0 Å². The molecule has 2 aliphatic heterocycles. The molecule has 0 aliphatic carbocycles. The summed E-state index contributed by atoms with van der Waals surface area (Å²) in [6.45, 7) is 3.16. The van der Waals surface area contributed by atoms with Crippen molar-refractivity contribution in [2.24, 2.45) is 5.92 Å². The second-order valence-corrected chi connectivity index (χ2v) is 5.76. The fourth-order valence-corrected chi connectivity index (χ4v) is 3.07. The molecule has 2 heterocycles. The van der Waals surface area contributed by atoms with Gasteiger partial charge in [-0.1, -0.05) is 18.2 Å². The number of imide groups is 1. The highest BCUT2D eigenvalue weighted by atomic mass is 16.2. The predicted octanol–water partition coefficient (Wildman–Crippen LogP) is 1.74. The van der Waals surface area contributed by atoms with Crippen molar-refractivity contribution in [3.63, 3.8) is 0 Å². The Morgan fingerprint density at radius 1 is 1.29 bits per heavy atom. The van der Waals surface area contributed by atoms with E-state index in [9.17, 15) is 9.59 Å². The lowest BCUT2D eigenvalue weighted by Crippen LogP contribution is -2.41. The number of nitrogens with one attached hydrogen (secondary N) is 2. The summed E-state index contributed by atoms with van der Waals surface area (Å²) in [6, 6.07) is 7.13. The van der Waals surface area contributed by atoms with E-state index in [0.717, 1.165) is 25.1 Å². The zero-order valence-corrected chi connectivity index (χ0v) is 12.1. The molecule has 2 N–H and O–H groups in total. The van der Waals surface area contributed by atoms with Crippen LogP contribution in [-0.2, 0) is 6.54 Å². The number of carbonyl (C=O) groups excluding carboxylic acids is 2. The smallest absolute Gasteiger partial charge is 0.324 e. The van der Waals surface area contributed by atoms with Crippen LogP contribution in [0.3, 0.4) is 0 Å². The highest BCUT2D eigenvalue weighted by Crippen LogP contribution is 2.22. The lowest BCUT2D eigenvalue weighted by atomic mass is 9.95. The van der Waals surface area contributed by atoms with E-state index in [1.807, 2.05) is 18.2 Å². The molecular weight excluding hydrogens is 266 g/mol. The van der Waals surface area contributed by atoms with E-state index in [0.29, 0.717) is 24.6 Å². The molecule has 1 saturated heterocycles. The molecule has 2 aliphatic rings. The lowest BCUT2D eigenvalue weighted by molar-refractivity contribution is 0.0820. The fraction of sp³-hybridized carbons (Fsp3) is 0.500. The first-order valence-corrected chi connectivity index (χ1v) is 7.64. The quantitative estimate of drug-likeness (QED) is 0.890. The van der Waals surface area contributed by atoms with Gasteiger partial charge in [-0.25, -0.2) is 4.79 Å². The van der Waals surface area contributed by atoms with E-state index >= 15 is 0 Å². The second kappa shape index (κ2) is 6.26. The van der Waals surface area contributed by atoms with Gasteiger partial charge in [0.25, 0.3) is 5.91 Å². The Kier molecular flexibility index (Phi) is 4.20. The van der Waals surface area contributed by atoms with E-state index in [1.54, 1.807) is 6.07 Å². The van der Waals surface area contributed by atoms with E-state index < -0.39 is 0 Å². The highest BCUT2D eigenvalue weighted by Gasteiger charge is 2.31. The Balaban J connectivity index is 1.49. The zero-order valence-electron chi connectivity index (χ0n) is 12.1. The minimum Gasteiger partial charge on any atom is -0.338 e. The average molecular weight is 287 g/mol. The van der Waals surface area contributed by atoms with Crippen molar-refractivity contribution in [3.05, 3.63) is 35.4 Å². The Bertz CT molecular complexity index is 538. The van der Waals surface area contributed by atoms with Crippen LogP contribution < -0.4 is 10.6 Å². The van der Waals surface area contributed by atoms with Gasteiger partial charge in [-0.3, -0.25) is 9.69 Å². The Labute approximate surface area is 124 Å². The van der Waals surface area contributed by atoms with Crippen molar-refractivity contribution in [2.75, 3.05) is 19.6 Å². The van der Waals surface area contributed by atoms with E-state index in [-0.39, 0.29) is 11.9 Å². The van der Waals surface area contributed by atoms with Gasteiger partial charge in [-0.05, 0) is 49.9 Å². The number of fused-ring (bicyclic) bond motifs is 1. The third-order valence-electron chi connectivity index (χ3n) is 4.35. The predicted molar refractivity (Wildman–Crippen MR) is 79.9 cm³/mol. The van der Waals surface area contributed by atoms with Gasteiger partial charge in [0.2, 0.25) is 0 Å². The first-order chi connectivity index (χ1) is 10.3. The van der Waals surface area contributed by atoms with Crippen LogP contribution in [0.5, 0.6) is 0 Å². The summed E-state index contributed by atoms with van der Waals surface area (Å²) in [5.74, 6) is 0.489. The number of rotatable bonds is 3. The lowest BCUT2D eigenvalue weighted by Gasteiger charge is -2.23. The number of hydrogen-bond donors (Lipinski definition) is 2. The van der Waals surface area contributed by atoms with Gasteiger partial charge in [0, 0.05) is 12.1 Å². The molecule has 1 fully saturated rings. The minimum absolute atomic E-state index is 0.190. The van der Waals surface area contributed by atoms with Crippen LogP contribution in [0.4, 0.5) is 4.79 Å². The van der Waals surface area contributed by atoms with E-state index in [4.69, 9.17) is 0 Å². The van der Waals surface area contributed by atoms with Crippen molar-refractivity contribution >= 4 is 11.9 Å². The number of hydrogen-bond acceptors (Lipinski definition) is 3. The van der Waals surface area contributed by atoms with E-state index in [2.05, 4.69) is 10.6 Å². The molecule has 3 rings (SSSR count). The van der Waals surface area contributed by atoms with E-state index in [1.165, 1.54) is 17.7 Å². The van der Waals surface area contributed by atoms with Crippen molar-refractivity contribution in [1.29, 1.82) is 0 Å². The summed E-state index contributed by atoms with van der Waals surface area (Å²) in [5, 5.41) is 6.22. The third-order valence-corrected chi connectivity index (χ3v) is 4.35. The van der Waals surface area contributed by atoms with Crippen LogP contribution in [0.25, 0.3) is 0 Å². The molecule has 0 saturated carbocycles. The molecule has 0 atom stereocenters. The van der Waals surface area contributed by atoms with Gasteiger partial charge in [0.05, 0.1) is 6.54 Å². The number of urea groups is 1. The molecular formula is C16H21N3O2. The standard InChI is InChI=1S/C16H21N3O2/c20-15-14-4-2-1-3-13(14)11-19(15)16(21)18-10-7-12-5-8-17-9-6-12/h1-4,12,17H,5-11H2,(H,18,21). The molecule has 0 unspecified atom stereocenters. The summed E-state index contributed by atoms with van der Waals surface area (Å²) in [5.41, 5.74) is 1.57. The second-order valence-electron chi connectivity index (χ2n) is 5.76. The molecule has 0 aromatic heterocycles. The molecule has 5 heteroatoms. The zero-order chi connectivity index (χ0) is 14.7. The summed E-state index contributed by atoms with van der Waals surface area (Å²) in [6.07, 6.45) is 3.33. The van der Waals surface area contributed by atoms with Crippen molar-refractivity contribution in [1.82, 2.24) is 15.5 Å². The van der Waals surface area contributed by atoms with Gasteiger partial charge >= 0.3 is 6.03 Å². The first kappa shape index (κ1) is 14.1. The van der Waals surface area contributed by atoms with Gasteiger partial charge in [-0.2, -0.15) is 0 Å². The normalized spacial score (nSPS) is 18.7. The molecule has 1 aromatic rings. The third kappa shape index (κ3) is 3.08. The molecule has 0 spiro atoms. The Hall–Kier alpha value is -1.88. The summed E-state index contributed by atoms with van der Waals surface area (Å²) >= 11 is 0. The number of carbonyl (C=O) groups is 2. The van der Waals surface area contributed by atoms with Crippen molar-refractivity contribution in [3.8, 4) is 0 Å². The topological polar surface area (TPSA) is 61.4 Å². The highest BCUT2D eigenvalue weighted by molar-refractivity contribution is 6.07. The number of benzene rings is 1. The summed E-state index contributed by atoms with van der Waals surface area (Å²) in [7, 11) is 0. The van der Waals surface area contributed by atoms with Gasteiger partial charge in [0.1, 0.15) is 0 Å². The minimum atomic E-state index is -0.273. The SMILES string of the molecule is O=C(NCCC1CCNCC1)N1Cc2ccccc2C1=O. The molecule has 3 amide bonds. The van der Waals surface area contributed by atoms with Crippen molar-refractivity contribution < 1.29 is 9.59 Å². The number of nitrogens with zero attached hydrogens (tertiary/aromatic N) is 1. The molecule has 21 heavy (non-hydrogen) atoms. The largest absolute Gasteiger partial charge is 0.338 e. The maximum absolute atomic E-state index is 12.2. The van der Waals surface area contributed by atoms with Gasteiger partial charge in [-0.15, -0.1) is 0 Å². The van der Waals surface area contributed by atoms with Crippen LogP contribution >= 0.6 is 0 Å². The maximum atomic E-state index is 12.2. The fourth-order valence-electron chi connectivity index (χ4n) is 3.07. The number of piperidine rings is 1. The number of amides is 3. The molecule has 0 bridgehead atoms. The van der Waals surface area contributed by atoms with Crippen LogP contribution in [0.15, 0.2) is 24.3 Å². The van der Waals surface area contributed by atoms with Gasteiger partial charge in [0.15, 0.2) is 0 Å².